The zero-order chi connectivity index (χ0) is 13.9. The lowest BCUT2D eigenvalue weighted by molar-refractivity contribution is -2.00. The van der Waals surface area contributed by atoms with E-state index in [-0.39, 0.29) is 0 Å². The number of nitrogens with one attached hydrogen (secondary N) is 1. The molecule has 7 heteroatoms. The molecule has 2 aliphatic rings. The summed E-state index contributed by atoms with van der Waals surface area (Å²) in [5.41, 5.74) is 3.66. The molecule has 0 saturated carbocycles. The van der Waals surface area contributed by atoms with Crippen LogP contribution in [-0.2, 0) is 0 Å². The molecule has 0 radical (unpaired) electrons. The van der Waals surface area contributed by atoms with Crippen LogP contribution in [0.25, 0.3) is 0 Å². The van der Waals surface area contributed by atoms with Gasteiger partial charge in [0.25, 0.3) is 0 Å². The second-order valence-corrected chi connectivity index (χ2v) is 4.57. The van der Waals surface area contributed by atoms with Crippen LogP contribution in [0, 0.1) is 10.2 Å². The molecule has 0 spiro atoms. The fraction of sp³-hybridized carbons (Fsp3) is 0.0833. The second kappa shape index (κ2) is 5.52. The number of hydrogen-bond acceptors (Lipinski definition) is 5. The molecule has 0 unspecified atom stereocenters. The van der Waals surface area contributed by atoms with Crippen LogP contribution in [-0.4, -0.2) is 12.8 Å². The van der Waals surface area contributed by atoms with Gasteiger partial charge in [0.15, 0.2) is 6.21 Å². The van der Waals surface area contributed by atoms with Gasteiger partial charge in [-0.1, -0.05) is 24.3 Å². The fourth-order valence-corrected chi connectivity index (χ4v) is 1.87. The number of para-hydroxylation sites is 2. The highest BCUT2D eigenvalue weighted by Crippen LogP contribution is 2.27. The molecule has 0 aromatic heterocycles. The van der Waals surface area contributed by atoms with E-state index in [4.69, 9.17) is 18.6 Å². The Morgan fingerprint density at radius 3 is 2.53 bits per heavy atom. The van der Waals surface area contributed by atoms with Gasteiger partial charge in [-0.25, -0.2) is 23.6 Å². The molecule has 0 aliphatic carbocycles. The average Bonchev–Trinajstić information content (AvgIpc) is 2.37. The number of rotatable bonds is 0. The maximum absolute atomic E-state index is 8.49. The van der Waals surface area contributed by atoms with Crippen LogP contribution < -0.4 is 28.5 Å². The Kier molecular flexibility index (Phi) is 3.98. The van der Waals surface area contributed by atoms with E-state index in [2.05, 4.69) is 46.3 Å². The average molecular weight is 283 g/mol. The Morgan fingerprint density at radius 2 is 1.79 bits per heavy atom. The van der Waals surface area contributed by atoms with Crippen LogP contribution >= 0.6 is 0 Å². The zero-order valence-electron chi connectivity index (χ0n) is 9.78. The molecular formula is C12H11ClN2O4. The lowest BCUT2D eigenvalue weighted by Crippen LogP contribution is -2.68. The predicted octanol–water partition coefficient (Wildman–Crippen LogP) is -4.01. The molecule has 0 atom stereocenters. The van der Waals surface area contributed by atoms with E-state index in [1.165, 1.54) is 17.1 Å². The van der Waals surface area contributed by atoms with Crippen molar-refractivity contribution in [3.8, 4) is 0 Å². The number of nitrogens with zero attached hydrogens (tertiary/aromatic N) is 1. The van der Waals surface area contributed by atoms with Gasteiger partial charge in [0.05, 0.1) is 0 Å². The third-order valence-corrected chi connectivity index (χ3v) is 2.57. The van der Waals surface area contributed by atoms with Crippen LogP contribution in [0.15, 0.2) is 48.2 Å². The molecule has 1 aromatic carbocycles. The highest BCUT2D eigenvalue weighted by atomic mass is 35.7. The minimum atomic E-state index is -4.94. The van der Waals surface area contributed by atoms with Crippen molar-refractivity contribution in [2.45, 2.75) is 0 Å². The monoisotopic (exact) mass is 282 g/mol. The highest BCUT2D eigenvalue weighted by molar-refractivity contribution is 5.87. The Balaban J connectivity index is 0.000000232. The van der Waals surface area contributed by atoms with Crippen molar-refractivity contribution in [1.29, 1.82) is 0 Å². The maximum atomic E-state index is 8.49. The van der Waals surface area contributed by atoms with Crippen molar-refractivity contribution in [2.75, 3.05) is 11.4 Å². The van der Waals surface area contributed by atoms with Crippen molar-refractivity contribution >= 4 is 17.6 Å². The van der Waals surface area contributed by atoms with Gasteiger partial charge >= 0.3 is 0 Å². The SMILES string of the molecule is C1=CCN2C(=C1)C=[NH+]c1ccccc12.[O-][Cl+3]([O-])([O-])[O-]. The first kappa shape index (κ1) is 13.7. The molecule has 6 nitrogen and oxygen atoms in total. The first-order valence-electron chi connectivity index (χ1n) is 5.40. The van der Waals surface area contributed by atoms with Crippen molar-refractivity contribution < 1.29 is 33.9 Å². The van der Waals surface area contributed by atoms with Crippen molar-refractivity contribution in [1.82, 2.24) is 0 Å². The number of halogens is 1. The second-order valence-electron chi connectivity index (χ2n) is 3.81. The summed E-state index contributed by atoms with van der Waals surface area (Å²) in [7, 11) is -4.94. The summed E-state index contributed by atoms with van der Waals surface area (Å²) in [4.78, 5) is 5.59. The summed E-state index contributed by atoms with van der Waals surface area (Å²) in [5, 5.41) is 0. The smallest absolute Gasteiger partial charge is 0.227 e. The van der Waals surface area contributed by atoms with Gasteiger partial charge in [-0.2, -0.15) is 0 Å². The topological polar surface area (TPSA) is 109 Å². The van der Waals surface area contributed by atoms with Crippen LogP contribution in [0.4, 0.5) is 11.4 Å². The Bertz CT molecular complexity index is 543. The molecule has 0 bridgehead atoms. The Hall–Kier alpha value is -1.70. The molecule has 0 fully saturated rings. The van der Waals surface area contributed by atoms with E-state index >= 15 is 0 Å². The first-order chi connectivity index (χ1) is 8.95. The van der Waals surface area contributed by atoms with Crippen LogP contribution in [0.1, 0.15) is 0 Å². The molecule has 2 aliphatic heterocycles. The molecule has 3 rings (SSSR count). The van der Waals surface area contributed by atoms with E-state index in [0.29, 0.717) is 0 Å². The lowest BCUT2D eigenvalue weighted by atomic mass is 10.1. The number of allylic oxidation sites excluding steroid dienone is 3. The summed E-state index contributed by atoms with van der Waals surface area (Å²) in [6.07, 6.45) is 8.43. The number of anilines is 1. The van der Waals surface area contributed by atoms with Crippen LogP contribution in [0.3, 0.4) is 0 Å². The van der Waals surface area contributed by atoms with Gasteiger partial charge in [-0.3, -0.25) is 0 Å². The van der Waals surface area contributed by atoms with Crippen molar-refractivity contribution in [3.63, 3.8) is 0 Å². The molecule has 0 amide bonds. The summed E-state index contributed by atoms with van der Waals surface area (Å²) in [6.45, 7) is 0.959. The highest BCUT2D eigenvalue weighted by Gasteiger charge is 2.22. The largest absolute Gasteiger partial charge is 0.327 e. The summed E-state index contributed by atoms with van der Waals surface area (Å²) >= 11 is 0. The van der Waals surface area contributed by atoms with Gasteiger partial charge in [0.1, 0.15) is 11.4 Å². The fourth-order valence-electron chi connectivity index (χ4n) is 1.87. The van der Waals surface area contributed by atoms with E-state index < -0.39 is 10.2 Å². The maximum Gasteiger partial charge on any atom is 0.227 e. The third kappa shape index (κ3) is 3.88. The summed E-state index contributed by atoms with van der Waals surface area (Å²) < 4.78 is 34.0. The summed E-state index contributed by atoms with van der Waals surface area (Å²) in [6, 6.07) is 8.36. The van der Waals surface area contributed by atoms with Gasteiger partial charge in [0.2, 0.25) is 5.69 Å². The van der Waals surface area contributed by atoms with Crippen LogP contribution in [0.5, 0.6) is 0 Å². The minimum absolute atomic E-state index is 0.959. The van der Waals surface area contributed by atoms with E-state index in [1.807, 2.05) is 12.3 Å². The predicted molar refractivity (Wildman–Crippen MR) is 57.7 cm³/mol. The number of benzene rings is 1. The van der Waals surface area contributed by atoms with Gasteiger partial charge in [-0.15, -0.1) is 10.2 Å². The first-order valence-corrected chi connectivity index (χ1v) is 6.63. The lowest BCUT2D eigenvalue weighted by Gasteiger charge is -2.26. The van der Waals surface area contributed by atoms with Gasteiger partial charge in [0, 0.05) is 12.6 Å². The standard InChI is InChI=1S/C12H10N2.ClHO4/c1-2-7-12-11(6-1)13-9-10-5-3-4-8-14(10)12;2-1(3,4)5/h1-7,9H,8H2;(H,2,3,4,5). The molecule has 1 aromatic rings. The van der Waals surface area contributed by atoms with Crippen molar-refractivity contribution in [2.24, 2.45) is 0 Å². The van der Waals surface area contributed by atoms with E-state index in [9.17, 15) is 0 Å². The van der Waals surface area contributed by atoms with E-state index in [1.54, 1.807) is 0 Å². The van der Waals surface area contributed by atoms with Gasteiger partial charge < -0.3 is 4.90 Å². The molecule has 0 saturated heterocycles. The molecule has 19 heavy (non-hydrogen) atoms. The quantitative estimate of drug-likeness (QED) is 0.521. The molecule has 1 N–H and O–H groups in total. The zero-order valence-corrected chi connectivity index (χ0v) is 10.5. The number of fused-ring (bicyclic) bond motifs is 3. The molecule has 2 heterocycles. The van der Waals surface area contributed by atoms with Gasteiger partial charge in [-0.05, 0) is 12.1 Å². The number of hydrogen-bond donors (Lipinski definition) is 1. The van der Waals surface area contributed by atoms with E-state index in [0.717, 1.165) is 6.54 Å². The van der Waals surface area contributed by atoms with Crippen LogP contribution in [0.2, 0.25) is 0 Å². The molecule has 100 valence electrons. The minimum Gasteiger partial charge on any atom is -0.327 e. The molecular weight excluding hydrogens is 272 g/mol. The third-order valence-electron chi connectivity index (χ3n) is 2.57. The summed E-state index contributed by atoms with van der Waals surface area (Å²) in [5.74, 6) is 0. The van der Waals surface area contributed by atoms with Crippen molar-refractivity contribution in [3.05, 3.63) is 48.2 Å². The Morgan fingerprint density at radius 1 is 1.11 bits per heavy atom. The normalized spacial score (nSPS) is 16.0. The Labute approximate surface area is 112 Å².